The molecule has 0 radical (unpaired) electrons. The Hall–Kier alpha value is -3.20. The highest BCUT2D eigenvalue weighted by molar-refractivity contribution is 5.74. The molecule has 0 unspecified atom stereocenters. The van der Waals surface area contributed by atoms with Crippen molar-refractivity contribution in [1.82, 2.24) is 9.97 Å². The van der Waals surface area contributed by atoms with Crippen LogP contribution in [0.1, 0.15) is 0 Å². The summed E-state index contributed by atoms with van der Waals surface area (Å²) in [6.07, 6.45) is 3.44. The van der Waals surface area contributed by atoms with Gasteiger partial charge >= 0.3 is 0 Å². The van der Waals surface area contributed by atoms with Gasteiger partial charge in [-0.15, -0.1) is 0 Å². The van der Waals surface area contributed by atoms with Gasteiger partial charge in [-0.3, -0.25) is 4.98 Å². The normalized spacial score (nSPS) is 10.6. The highest BCUT2D eigenvalue weighted by atomic mass is 16.3. The minimum atomic E-state index is 0.750. The third-order valence-electron chi connectivity index (χ3n) is 3.63. The van der Waals surface area contributed by atoms with Crippen molar-refractivity contribution in [3.8, 4) is 34.0 Å². The lowest BCUT2D eigenvalue weighted by molar-refractivity contribution is 0.580. The average Bonchev–Trinajstić information content (AvgIpc) is 3.18. The number of benzene rings is 1. The van der Waals surface area contributed by atoms with Crippen LogP contribution in [-0.4, -0.2) is 9.97 Å². The molecule has 0 fully saturated rings. The first-order valence-electron chi connectivity index (χ1n) is 7.43. The van der Waals surface area contributed by atoms with Gasteiger partial charge in [0.2, 0.25) is 0 Å². The van der Waals surface area contributed by atoms with Crippen LogP contribution >= 0.6 is 0 Å². The summed E-state index contributed by atoms with van der Waals surface area (Å²) in [6, 6.07) is 24.0. The van der Waals surface area contributed by atoms with Crippen LogP contribution in [0.4, 0.5) is 0 Å². The number of hydrogen-bond acceptors (Lipinski definition) is 3. The molecule has 0 aliphatic rings. The van der Waals surface area contributed by atoms with E-state index in [1.807, 2.05) is 54.6 Å². The van der Waals surface area contributed by atoms with Gasteiger partial charge in [0.15, 0.2) is 5.76 Å². The third kappa shape index (κ3) is 2.77. The number of pyridine rings is 2. The Morgan fingerprint density at radius 1 is 0.652 bits per heavy atom. The highest BCUT2D eigenvalue weighted by Gasteiger charge is 2.10. The van der Waals surface area contributed by atoms with Crippen molar-refractivity contribution in [1.29, 1.82) is 0 Å². The van der Waals surface area contributed by atoms with Crippen molar-refractivity contribution in [3.05, 3.63) is 85.3 Å². The molecular weight excluding hydrogens is 284 g/mol. The minimum Gasteiger partial charge on any atom is -0.463 e. The summed E-state index contributed by atoms with van der Waals surface area (Å²) in [5, 5.41) is 0. The Balaban J connectivity index is 1.91. The van der Waals surface area contributed by atoms with Gasteiger partial charge in [0.25, 0.3) is 0 Å². The van der Waals surface area contributed by atoms with Gasteiger partial charge < -0.3 is 4.42 Å². The SMILES string of the molecule is c1ccc(-c2cc(-c3ccccn3)nc(-c3ccco3)c2)cc1. The molecule has 0 N–H and O–H groups in total. The molecule has 0 saturated carbocycles. The zero-order valence-electron chi connectivity index (χ0n) is 12.4. The molecule has 4 aromatic rings. The van der Waals surface area contributed by atoms with E-state index in [9.17, 15) is 0 Å². The summed E-state index contributed by atoms with van der Waals surface area (Å²) in [4.78, 5) is 9.13. The molecule has 4 rings (SSSR count). The van der Waals surface area contributed by atoms with E-state index in [1.54, 1.807) is 12.5 Å². The van der Waals surface area contributed by atoms with Crippen molar-refractivity contribution in [2.75, 3.05) is 0 Å². The molecule has 3 heteroatoms. The molecule has 0 saturated heterocycles. The molecule has 0 atom stereocenters. The van der Waals surface area contributed by atoms with Crippen LogP contribution in [0.25, 0.3) is 34.0 Å². The number of aromatic nitrogens is 2. The summed E-state index contributed by atoms with van der Waals surface area (Å²) in [5.74, 6) is 0.750. The number of furan rings is 1. The summed E-state index contributed by atoms with van der Waals surface area (Å²) in [7, 11) is 0. The average molecular weight is 298 g/mol. The molecule has 0 aliphatic carbocycles. The van der Waals surface area contributed by atoms with Crippen LogP contribution in [0.15, 0.2) is 89.7 Å². The lowest BCUT2D eigenvalue weighted by Gasteiger charge is -2.08. The van der Waals surface area contributed by atoms with Crippen LogP contribution in [-0.2, 0) is 0 Å². The molecule has 3 aromatic heterocycles. The molecule has 0 bridgehead atoms. The van der Waals surface area contributed by atoms with Crippen molar-refractivity contribution in [2.45, 2.75) is 0 Å². The number of rotatable bonds is 3. The van der Waals surface area contributed by atoms with Gasteiger partial charge in [-0.25, -0.2) is 4.98 Å². The summed E-state index contributed by atoms with van der Waals surface area (Å²) >= 11 is 0. The topological polar surface area (TPSA) is 38.9 Å². The maximum absolute atomic E-state index is 5.52. The van der Waals surface area contributed by atoms with E-state index in [4.69, 9.17) is 9.40 Å². The Morgan fingerprint density at radius 3 is 2.22 bits per heavy atom. The van der Waals surface area contributed by atoms with E-state index in [1.165, 1.54) is 0 Å². The molecule has 110 valence electrons. The zero-order chi connectivity index (χ0) is 15.5. The molecule has 1 aromatic carbocycles. The van der Waals surface area contributed by atoms with E-state index < -0.39 is 0 Å². The number of nitrogens with zero attached hydrogens (tertiary/aromatic N) is 2. The second-order valence-corrected chi connectivity index (χ2v) is 5.18. The van der Waals surface area contributed by atoms with Gasteiger partial charge in [0, 0.05) is 6.20 Å². The first-order valence-corrected chi connectivity index (χ1v) is 7.43. The lowest BCUT2D eigenvalue weighted by Crippen LogP contribution is -1.91. The molecule has 3 heterocycles. The minimum absolute atomic E-state index is 0.750. The largest absolute Gasteiger partial charge is 0.463 e. The zero-order valence-corrected chi connectivity index (χ0v) is 12.4. The maximum atomic E-state index is 5.52. The fourth-order valence-corrected chi connectivity index (χ4v) is 2.52. The van der Waals surface area contributed by atoms with E-state index >= 15 is 0 Å². The molecule has 0 spiro atoms. The first kappa shape index (κ1) is 13.5. The molecule has 0 amide bonds. The predicted molar refractivity (Wildman–Crippen MR) is 90.6 cm³/mol. The Kier molecular flexibility index (Phi) is 3.45. The standard InChI is InChI=1S/C20H14N2O/c1-2-7-15(8-3-1)16-13-18(17-9-4-5-11-21-17)22-19(14-16)20-10-6-12-23-20/h1-14H. The van der Waals surface area contributed by atoms with Gasteiger partial charge in [-0.1, -0.05) is 36.4 Å². The fourth-order valence-electron chi connectivity index (χ4n) is 2.52. The van der Waals surface area contributed by atoms with Crippen molar-refractivity contribution >= 4 is 0 Å². The molecule has 0 aliphatic heterocycles. The number of hydrogen-bond donors (Lipinski definition) is 0. The van der Waals surface area contributed by atoms with Crippen molar-refractivity contribution in [2.24, 2.45) is 0 Å². The van der Waals surface area contributed by atoms with Gasteiger partial charge in [0.1, 0.15) is 5.69 Å². The lowest BCUT2D eigenvalue weighted by atomic mass is 10.0. The molecule has 3 nitrogen and oxygen atoms in total. The highest BCUT2D eigenvalue weighted by Crippen LogP contribution is 2.29. The van der Waals surface area contributed by atoms with Crippen LogP contribution in [0.5, 0.6) is 0 Å². The van der Waals surface area contributed by atoms with E-state index in [-0.39, 0.29) is 0 Å². The van der Waals surface area contributed by atoms with Crippen LogP contribution in [0, 0.1) is 0 Å². The molecule has 23 heavy (non-hydrogen) atoms. The maximum Gasteiger partial charge on any atom is 0.152 e. The second kappa shape index (κ2) is 5.89. The van der Waals surface area contributed by atoms with Crippen LogP contribution in [0.2, 0.25) is 0 Å². The summed E-state index contributed by atoms with van der Waals surface area (Å²) in [6.45, 7) is 0. The Morgan fingerprint density at radius 2 is 1.48 bits per heavy atom. The van der Waals surface area contributed by atoms with Crippen LogP contribution in [0.3, 0.4) is 0 Å². The Labute approximate surface area is 134 Å². The van der Waals surface area contributed by atoms with Crippen molar-refractivity contribution < 1.29 is 4.42 Å². The second-order valence-electron chi connectivity index (χ2n) is 5.18. The fraction of sp³-hybridized carbons (Fsp3) is 0. The van der Waals surface area contributed by atoms with Gasteiger partial charge in [-0.2, -0.15) is 0 Å². The van der Waals surface area contributed by atoms with Gasteiger partial charge in [0.05, 0.1) is 17.7 Å². The monoisotopic (exact) mass is 298 g/mol. The van der Waals surface area contributed by atoms with E-state index in [0.29, 0.717) is 0 Å². The summed E-state index contributed by atoms with van der Waals surface area (Å²) in [5.41, 5.74) is 4.71. The molecular formula is C20H14N2O. The van der Waals surface area contributed by atoms with E-state index in [2.05, 4.69) is 23.2 Å². The quantitative estimate of drug-likeness (QED) is 0.530. The van der Waals surface area contributed by atoms with E-state index in [0.717, 1.165) is 34.0 Å². The van der Waals surface area contributed by atoms with Crippen LogP contribution < -0.4 is 0 Å². The predicted octanol–water partition coefficient (Wildman–Crippen LogP) is 5.07. The smallest absolute Gasteiger partial charge is 0.152 e. The van der Waals surface area contributed by atoms with Crippen molar-refractivity contribution in [3.63, 3.8) is 0 Å². The third-order valence-corrected chi connectivity index (χ3v) is 3.63. The summed E-state index contributed by atoms with van der Waals surface area (Å²) < 4.78 is 5.52. The van der Waals surface area contributed by atoms with Gasteiger partial charge in [-0.05, 0) is 47.5 Å². The first-order chi connectivity index (χ1) is 11.4. The Bertz CT molecular complexity index is 843.